The van der Waals surface area contributed by atoms with Gasteiger partial charge in [0.15, 0.2) is 5.76 Å². The van der Waals surface area contributed by atoms with Crippen molar-refractivity contribution >= 4 is 40.1 Å². The lowest BCUT2D eigenvalue weighted by Gasteiger charge is -2.08. The highest BCUT2D eigenvalue weighted by molar-refractivity contribution is 6.34. The SMILES string of the molecule is COC(=O)c1ccc(Cl)c(NC(=O)c2oc3ccccc3c2C)c1. The van der Waals surface area contributed by atoms with E-state index in [4.69, 9.17) is 16.0 Å². The molecule has 122 valence electrons. The summed E-state index contributed by atoms with van der Waals surface area (Å²) in [5.74, 6) is -0.745. The van der Waals surface area contributed by atoms with Crippen molar-refractivity contribution in [2.75, 3.05) is 12.4 Å². The van der Waals surface area contributed by atoms with Gasteiger partial charge in [0.05, 0.1) is 23.4 Å². The number of amides is 1. The van der Waals surface area contributed by atoms with Gasteiger partial charge in [0.1, 0.15) is 5.58 Å². The molecule has 5 nitrogen and oxygen atoms in total. The van der Waals surface area contributed by atoms with Crippen molar-refractivity contribution in [1.82, 2.24) is 0 Å². The zero-order chi connectivity index (χ0) is 17.3. The average Bonchev–Trinajstić information content (AvgIpc) is 2.93. The van der Waals surface area contributed by atoms with Gasteiger partial charge < -0.3 is 14.5 Å². The van der Waals surface area contributed by atoms with E-state index < -0.39 is 11.9 Å². The van der Waals surface area contributed by atoms with Crippen molar-refractivity contribution in [2.45, 2.75) is 6.92 Å². The molecule has 0 atom stereocenters. The molecule has 24 heavy (non-hydrogen) atoms. The first-order chi connectivity index (χ1) is 11.5. The molecular weight excluding hydrogens is 330 g/mol. The van der Waals surface area contributed by atoms with E-state index in [1.807, 2.05) is 25.1 Å². The summed E-state index contributed by atoms with van der Waals surface area (Å²) in [6, 6.07) is 11.9. The number of rotatable bonds is 3. The van der Waals surface area contributed by atoms with Gasteiger partial charge in [-0.2, -0.15) is 0 Å². The number of hydrogen-bond donors (Lipinski definition) is 1. The lowest BCUT2D eigenvalue weighted by molar-refractivity contribution is 0.0600. The van der Waals surface area contributed by atoms with Crippen LogP contribution in [-0.4, -0.2) is 19.0 Å². The first-order valence-electron chi connectivity index (χ1n) is 7.18. The number of hydrogen-bond acceptors (Lipinski definition) is 4. The highest BCUT2D eigenvalue weighted by Crippen LogP contribution is 2.28. The number of aryl methyl sites for hydroxylation is 1. The molecule has 0 saturated carbocycles. The molecule has 3 aromatic rings. The summed E-state index contributed by atoms with van der Waals surface area (Å²) < 4.78 is 10.3. The topological polar surface area (TPSA) is 68.5 Å². The molecule has 3 rings (SSSR count). The average molecular weight is 344 g/mol. The highest BCUT2D eigenvalue weighted by atomic mass is 35.5. The monoisotopic (exact) mass is 343 g/mol. The summed E-state index contributed by atoms with van der Waals surface area (Å²) in [4.78, 5) is 24.1. The second kappa shape index (κ2) is 6.37. The molecule has 1 heterocycles. The van der Waals surface area contributed by atoms with Crippen LogP contribution in [0.15, 0.2) is 46.9 Å². The summed E-state index contributed by atoms with van der Waals surface area (Å²) in [6.45, 7) is 1.81. The fraction of sp³-hybridized carbons (Fsp3) is 0.111. The second-order valence-electron chi connectivity index (χ2n) is 5.19. The first-order valence-corrected chi connectivity index (χ1v) is 7.56. The maximum atomic E-state index is 12.5. The number of halogens is 1. The molecule has 1 N–H and O–H groups in total. The fourth-order valence-electron chi connectivity index (χ4n) is 2.44. The number of carbonyl (C=O) groups excluding carboxylic acids is 2. The Morgan fingerprint density at radius 1 is 1.17 bits per heavy atom. The van der Waals surface area contributed by atoms with E-state index in [9.17, 15) is 9.59 Å². The largest absolute Gasteiger partial charge is 0.465 e. The minimum absolute atomic E-state index is 0.204. The predicted molar refractivity (Wildman–Crippen MR) is 91.7 cm³/mol. The number of furan rings is 1. The normalized spacial score (nSPS) is 10.6. The number of ether oxygens (including phenoxy) is 1. The van der Waals surface area contributed by atoms with Gasteiger partial charge in [-0.05, 0) is 31.2 Å². The minimum Gasteiger partial charge on any atom is -0.465 e. The molecule has 0 unspecified atom stereocenters. The van der Waals surface area contributed by atoms with Crippen LogP contribution in [0.25, 0.3) is 11.0 Å². The Balaban J connectivity index is 1.94. The zero-order valence-electron chi connectivity index (χ0n) is 13.1. The van der Waals surface area contributed by atoms with E-state index in [2.05, 4.69) is 10.1 Å². The number of nitrogens with one attached hydrogen (secondary N) is 1. The molecule has 0 aliphatic heterocycles. The summed E-state index contributed by atoms with van der Waals surface area (Å²) in [5.41, 5.74) is 1.97. The molecule has 1 amide bonds. The molecule has 0 radical (unpaired) electrons. The summed E-state index contributed by atoms with van der Waals surface area (Å²) in [6.07, 6.45) is 0. The van der Waals surface area contributed by atoms with Crippen LogP contribution < -0.4 is 5.32 Å². The van der Waals surface area contributed by atoms with Crippen molar-refractivity contribution in [3.63, 3.8) is 0 Å². The van der Waals surface area contributed by atoms with Crippen LogP contribution in [0.2, 0.25) is 5.02 Å². The number of methoxy groups -OCH3 is 1. The van der Waals surface area contributed by atoms with Crippen LogP contribution in [-0.2, 0) is 4.74 Å². The number of esters is 1. The van der Waals surface area contributed by atoms with Crippen LogP contribution in [0.3, 0.4) is 0 Å². The van der Waals surface area contributed by atoms with Crippen LogP contribution in [0.1, 0.15) is 26.5 Å². The Labute approximate surface area is 143 Å². The Kier molecular flexibility index (Phi) is 4.27. The van der Waals surface area contributed by atoms with Gasteiger partial charge >= 0.3 is 5.97 Å². The molecule has 0 aliphatic rings. The Morgan fingerprint density at radius 3 is 2.62 bits per heavy atom. The Bertz CT molecular complexity index is 945. The van der Waals surface area contributed by atoms with Gasteiger partial charge in [0.2, 0.25) is 0 Å². The maximum Gasteiger partial charge on any atom is 0.337 e. The third-order valence-electron chi connectivity index (χ3n) is 3.69. The molecule has 0 bridgehead atoms. The van der Waals surface area contributed by atoms with Gasteiger partial charge in [-0.3, -0.25) is 4.79 Å². The van der Waals surface area contributed by atoms with E-state index in [-0.39, 0.29) is 5.76 Å². The second-order valence-corrected chi connectivity index (χ2v) is 5.60. The van der Waals surface area contributed by atoms with Gasteiger partial charge in [-0.25, -0.2) is 4.79 Å². The van der Waals surface area contributed by atoms with Crippen LogP contribution in [0.5, 0.6) is 0 Å². The van der Waals surface area contributed by atoms with Gasteiger partial charge in [-0.15, -0.1) is 0 Å². The smallest absolute Gasteiger partial charge is 0.337 e. The predicted octanol–water partition coefficient (Wildman–Crippen LogP) is 4.43. The Morgan fingerprint density at radius 2 is 1.92 bits per heavy atom. The third kappa shape index (κ3) is 2.86. The lowest BCUT2D eigenvalue weighted by atomic mass is 10.1. The summed E-state index contributed by atoms with van der Waals surface area (Å²) in [5, 5.41) is 3.86. The van der Waals surface area contributed by atoms with E-state index in [1.165, 1.54) is 25.3 Å². The number of fused-ring (bicyclic) bond motifs is 1. The first kappa shape index (κ1) is 16.1. The Hall–Kier alpha value is -2.79. The highest BCUT2D eigenvalue weighted by Gasteiger charge is 2.19. The van der Waals surface area contributed by atoms with Gasteiger partial charge in [0, 0.05) is 10.9 Å². The van der Waals surface area contributed by atoms with Crippen molar-refractivity contribution in [2.24, 2.45) is 0 Å². The quantitative estimate of drug-likeness (QED) is 0.714. The zero-order valence-corrected chi connectivity index (χ0v) is 13.8. The molecule has 0 spiro atoms. The number of para-hydroxylation sites is 1. The van der Waals surface area contributed by atoms with Crippen molar-refractivity contribution in [3.8, 4) is 0 Å². The van der Waals surface area contributed by atoms with E-state index in [1.54, 1.807) is 6.07 Å². The fourth-order valence-corrected chi connectivity index (χ4v) is 2.60. The number of carbonyl (C=O) groups is 2. The van der Waals surface area contributed by atoms with Crippen molar-refractivity contribution in [1.29, 1.82) is 0 Å². The lowest BCUT2D eigenvalue weighted by Crippen LogP contribution is -2.13. The molecule has 1 aromatic heterocycles. The molecule has 0 aliphatic carbocycles. The van der Waals surface area contributed by atoms with Crippen LogP contribution in [0.4, 0.5) is 5.69 Å². The molecule has 0 fully saturated rings. The molecular formula is C18H14ClNO4. The molecule has 0 saturated heterocycles. The number of benzene rings is 2. The van der Waals surface area contributed by atoms with Crippen LogP contribution >= 0.6 is 11.6 Å². The van der Waals surface area contributed by atoms with Gasteiger partial charge in [0.25, 0.3) is 5.91 Å². The third-order valence-corrected chi connectivity index (χ3v) is 4.02. The van der Waals surface area contributed by atoms with Crippen molar-refractivity contribution < 1.29 is 18.7 Å². The molecule has 2 aromatic carbocycles. The maximum absolute atomic E-state index is 12.5. The summed E-state index contributed by atoms with van der Waals surface area (Å²) >= 11 is 6.10. The van der Waals surface area contributed by atoms with Crippen LogP contribution in [0, 0.1) is 6.92 Å². The minimum atomic E-state index is -0.512. The van der Waals surface area contributed by atoms with Gasteiger partial charge in [-0.1, -0.05) is 29.8 Å². The van der Waals surface area contributed by atoms with E-state index in [0.29, 0.717) is 21.9 Å². The molecule has 6 heteroatoms. The van der Waals surface area contributed by atoms with E-state index in [0.717, 1.165) is 10.9 Å². The van der Waals surface area contributed by atoms with Crippen molar-refractivity contribution in [3.05, 3.63) is 64.4 Å². The summed E-state index contributed by atoms with van der Waals surface area (Å²) in [7, 11) is 1.28. The standard InChI is InChI=1S/C18H14ClNO4/c1-10-12-5-3-4-6-15(12)24-16(10)17(21)20-14-9-11(18(22)23-2)7-8-13(14)19/h3-9H,1-2H3,(H,20,21). The van der Waals surface area contributed by atoms with E-state index >= 15 is 0 Å². The number of anilines is 1.